The number of likely N-dealkylation sites (tertiary alicyclic amines) is 1. The molecule has 2 fully saturated rings. The third-order valence-corrected chi connectivity index (χ3v) is 4.29. The van der Waals surface area contributed by atoms with Gasteiger partial charge in [0.25, 0.3) is 0 Å². The molecule has 2 N–H and O–H groups in total. The minimum absolute atomic E-state index is 0.689. The zero-order valence-electron chi connectivity index (χ0n) is 8.82. The van der Waals surface area contributed by atoms with E-state index >= 15 is 0 Å². The summed E-state index contributed by atoms with van der Waals surface area (Å²) in [6.45, 7) is 7.15. The second kappa shape index (κ2) is 5.35. The fourth-order valence-corrected chi connectivity index (χ4v) is 3.13. The first-order chi connectivity index (χ1) is 6.90. The van der Waals surface area contributed by atoms with Crippen LogP contribution >= 0.6 is 11.8 Å². The normalized spacial score (nSPS) is 30.2. The molecule has 1 atom stereocenters. The molecule has 0 aromatic heterocycles. The smallest absolute Gasteiger partial charge is 0.0231 e. The fourth-order valence-electron chi connectivity index (χ4n) is 2.15. The Morgan fingerprint density at radius 1 is 1.14 bits per heavy atom. The van der Waals surface area contributed by atoms with Gasteiger partial charge >= 0.3 is 0 Å². The third-order valence-electron chi connectivity index (χ3n) is 3.35. The zero-order valence-corrected chi connectivity index (χ0v) is 9.64. The molecule has 2 saturated heterocycles. The lowest BCUT2D eigenvalue weighted by Crippen LogP contribution is -2.54. The van der Waals surface area contributed by atoms with Crippen molar-refractivity contribution in [3.05, 3.63) is 0 Å². The van der Waals surface area contributed by atoms with E-state index in [4.69, 9.17) is 5.73 Å². The molecule has 0 aliphatic carbocycles. The molecule has 2 aliphatic heterocycles. The molecule has 2 aliphatic rings. The minimum atomic E-state index is 0.689. The van der Waals surface area contributed by atoms with Crippen LogP contribution in [-0.4, -0.2) is 66.6 Å². The van der Waals surface area contributed by atoms with E-state index in [2.05, 4.69) is 21.6 Å². The van der Waals surface area contributed by atoms with Crippen LogP contribution in [0, 0.1) is 0 Å². The number of hydrogen-bond acceptors (Lipinski definition) is 4. The van der Waals surface area contributed by atoms with E-state index < -0.39 is 0 Å². The highest BCUT2D eigenvalue weighted by Crippen LogP contribution is 2.16. The summed E-state index contributed by atoms with van der Waals surface area (Å²) >= 11 is 2.08. The summed E-state index contributed by atoms with van der Waals surface area (Å²) < 4.78 is 0. The summed E-state index contributed by atoms with van der Waals surface area (Å²) in [7, 11) is 0. The number of nitrogens with two attached hydrogens (primary N) is 1. The molecule has 0 aromatic carbocycles. The molecule has 0 saturated carbocycles. The SMILES string of the molecule is NCC1CCN1CCN1CCSCC1. The number of rotatable bonds is 4. The maximum atomic E-state index is 5.67. The molecule has 3 nitrogen and oxygen atoms in total. The molecule has 1 unspecified atom stereocenters. The van der Waals surface area contributed by atoms with Gasteiger partial charge in [-0.05, 0) is 6.42 Å². The Morgan fingerprint density at radius 2 is 1.93 bits per heavy atom. The van der Waals surface area contributed by atoms with Gasteiger partial charge in [-0.1, -0.05) is 0 Å². The summed E-state index contributed by atoms with van der Waals surface area (Å²) in [4.78, 5) is 5.12. The second-order valence-electron chi connectivity index (χ2n) is 4.17. The Kier molecular flexibility index (Phi) is 4.10. The number of thioether (sulfide) groups is 1. The summed E-state index contributed by atoms with van der Waals surface area (Å²) in [5, 5.41) is 0. The van der Waals surface area contributed by atoms with Crippen LogP contribution in [0.5, 0.6) is 0 Å². The first kappa shape index (κ1) is 10.7. The van der Waals surface area contributed by atoms with Crippen molar-refractivity contribution in [1.82, 2.24) is 9.80 Å². The van der Waals surface area contributed by atoms with Crippen molar-refractivity contribution < 1.29 is 0 Å². The standard InChI is InChI=1S/C10H21N3S/c11-9-10-1-2-13(10)4-3-12-5-7-14-8-6-12/h10H,1-9,11H2. The summed E-state index contributed by atoms with van der Waals surface area (Å²) in [5.41, 5.74) is 5.67. The van der Waals surface area contributed by atoms with E-state index in [0.717, 1.165) is 6.54 Å². The van der Waals surface area contributed by atoms with Gasteiger partial charge in [0.1, 0.15) is 0 Å². The predicted octanol–water partition coefficient (Wildman–Crippen LogP) is 0.0682. The van der Waals surface area contributed by atoms with E-state index in [1.807, 2.05) is 0 Å². The van der Waals surface area contributed by atoms with Crippen LogP contribution in [0.25, 0.3) is 0 Å². The van der Waals surface area contributed by atoms with Gasteiger partial charge in [0.2, 0.25) is 0 Å². The lowest BCUT2D eigenvalue weighted by molar-refractivity contribution is 0.0827. The largest absolute Gasteiger partial charge is 0.329 e. The molecule has 82 valence electrons. The van der Waals surface area contributed by atoms with Crippen LogP contribution < -0.4 is 5.73 Å². The van der Waals surface area contributed by atoms with Crippen molar-refractivity contribution in [2.75, 3.05) is 50.8 Å². The van der Waals surface area contributed by atoms with E-state index in [1.54, 1.807) is 0 Å². The van der Waals surface area contributed by atoms with Crippen LogP contribution in [0.4, 0.5) is 0 Å². The topological polar surface area (TPSA) is 32.5 Å². The Labute approximate surface area is 91.0 Å². The monoisotopic (exact) mass is 215 g/mol. The molecule has 0 aromatic rings. The maximum Gasteiger partial charge on any atom is 0.0231 e. The molecule has 0 radical (unpaired) electrons. The highest BCUT2D eigenvalue weighted by atomic mass is 32.2. The summed E-state index contributed by atoms with van der Waals surface area (Å²) in [5.74, 6) is 2.64. The third kappa shape index (κ3) is 2.63. The molecule has 4 heteroatoms. The summed E-state index contributed by atoms with van der Waals surface area (Å²) in [6, 6.07) is 0.689. The quantitative estimate of drug-likeness (QED) is 0.719. The highest BCUT2D eigenvalue weighted by Gasteiger charge is 2.26. The van der Waals surface area contributed by atoms with Gasteiger partial charge in [-0.2, -0.15) is 11.8 Å². The lowest BCUT2D eigenvalue weighted by atomic mass is 10.0. The van der Waals surface area contributed by atoms with Gasteiger partial charge in [0.05, 0.1) is 0 Å². The Hall–Kier alpha value is 0.230. The van der Waals surface area contributed by atoms with E-state index in [0.29, 0.717) is 6.04 Å². The van der Waals surface area contributed by atoms with Crippen molar-refractivity contribution in [3.63, 3.8) is 0 Å². The van der Waals surface area contributed by atoms with Crippen molar-refractivity contribution in [3.8, 4) is 0 Å². The number of nitrogens with zero attached hydrogens (tertiary/aromatic N) is 2. The van der Waals surface area contributed by atoms with Gasteiger partial charge in [0.15, 0.2) is 0 Å². The lowest BCUT2D eigenvalue weighted by Gasteiger charge is -2.41. The van der Waals surface area contributed by atoms with Crippen molar-refractivity contribution in [2.24, 2.45) is 5.73 Å². The van der Waals surface area contributed by atoms with Crippen LogP contribution in [0.15, 0.2) is 0 Å². The Morgan fingerprint density at radius 3 is 2.50 bits per heavy atom. The summed E-state index contributed by atoms with van der Waals surface area (Å²) in [6.07, 6.45) is 1.31. The van der Waals surface area contributed by atoms with Gasteiger partial charge in [-0.3, -0.25) is 4.90 Å². The van der Waals surface area contributed by atoms with E-state index in [-0.39, 0.29) is 0 Å². The molecule has 2 heterocycles. The van der Waals surface area contributed by atoms with Crippen LogP contribution in [-0.2, 0) is 0 Å². The molecular weight excluding hydrogens is 194 g/mol. The van der Waals surface area contributed by atoms with E-state index in [1.165, 1.54) is 50.7 Å². The van der Waals surface area contributed by atoms with Crippen molar-refractivity contribution in [2.45, 2.75) is 12.5 Å². The average molecular weight is 215 g/mol. The van der Waals surface area contributed by atoms with Gasteiger partial charge in [0, 0.05) is 56.8 Å². The van der Waals surface area contributed by atoms with Crippen molar-refractivity contribution >= 4 is 11.8 Å². The van der Waals surface area contributed by atoms with Gasteiger partial charge in [-0.15, -0.1) is 0 Å². The first-order valence-electron chi connectivity index (χ1n) is 5.64. The van der Waals surface area contributed by atoms with Crippen molar-refractivity contribution in [1.29, 1.82) is 0 Å². The number of hydrogen-bond donors (Lipinski definition) is 1. The average Bonchev–Trinajstić information content (AvgIpc) is 2.19. The highest BCUT2D eigenvalue weighted by molar-refractivity contribution is 7.99. The molecule has 14 heavy (non-hydrogen) atoms. The fraction of sp³-hybridized carbons (Fsp3) is 1.00. The molecule has 0 bridgehead atoms. The minimum Gasteiger partial charge on any atom is -0.329 e. The maximum absolute atomic E-state index is 5.67. The van der Waals surface area contributed by atoms with Gasteiger partial charge in [-0.25, -0.2) is 0 Å². The Bertz CT molecular complexity index is 167. The first-order valence-corrected chi connectivity index (χ1v) is 6.80. The zero-order chi connectivity index (χ0) is 9.80. The molecule has 0 amide bonds. The predicted molar refractivity (Wildman–Crippen MR) is 62.8 cm³/mol. The molecule has 0 spiro atoms. The Balaban J connectivity index is 1.61. The van der Waals surface area contributed by atoms with Gasteiger partial charge < -0.3 is 10.6 Å². The van der Waals surface area contributed by atoms with Crippen LogP contribution in [0.2, 0.25) is 0 Å². The molecular formula is C10H21N3S. The van der Waals surface area contributed by atoms with Crippen LogP contribution in [0.1, 0.15) is 6.42 Å². The van der Waals surface area contributed by atoms with Crippen LogP contribution in [0.3, 0.4) is 0 Å². The second-order valence-corrected chi connectivity index (χ2v) is 5.39. The van der Waals surface area contributed by atoms with E-state index in [9.17, 15) is 0 Å². The molecule has 2 rings (SSSR count).